The second-order valence-electron chi connectivity index (χ2n) is 4.71. The summed E-state index contributed by atoms with van der Waals surface area (Å²) in [6, 6.07) is 17.1. The Balaban J connectivity index is 2.19. The van der Waals surface area contributed by atoms with Crippen molar-refractivity contribution in [2.75, 3.05) is 16.9 Å². The van der Waals surface area contributed by atoms with E-state index in [-0.39, 0.29) is 0 Å². The third-order valence-electron chi connectivity index (χ3n) is 2.71. The Hall–Kier alpha value is -1.61. The molecule has 0 aliphatic rings. The number of benzene rings is 2. The Morgan fingerprint density at radius 3 is 2.32 bits per heavy atom. The highest BCUT2D eigenvalue weighted by atomic mass is 32.2. The van der Waals surface area contributed by atoms with Crippen LogP contribution in [-0.2, 0) is 0 Å². The maximum absolute atomic E-state index is 3.47. The van der Waals surface area contributed by atoms with Crippen molar-refractivity contribution in [3.63, 3.8) is 0 Å². The van der Waals surface area contributed by atoms with Crippen LogP contribution in [-0.4, -0.2) is 12.3 Å². The highest BCUT2D eigenvalue weighted by Gasteiger charge is 2.04. The van der Waals surface area contributed by atoms with Gasteiger partial charge in [0.05, 0.1) is 0 Å². The topological polar surface area (TPSA) is 24.1 Å². The zero-order chi connectivity index (χ0) is 13.7. The van der Waals surface area contributed by atoms with Crippen LogP contribution in [0.25, 0.3) is 0 Å². The first-order valence-corrected chi connectivity index (χ1v) is 7.68. The number of hydrogen-bond donors (Lipinski definition) is 2. The molecular formula is C16H20N2S. The minimum absolute atomic E-state index is 0.443. The van der Waals surface area contributed by atoms with E-state index in [0.717, 1.165) is 11.4 Å². The van der Waals surface area contributed by atoms with Crippen molar-refractivity contribution in [1.82, 2.24) is 0 Å². The molecule has 2 aromatic carbocycles. The lowest BCUT2D eigenvalue weighted by Gasteiger charge is -2.15. The molecular weight excluding hydrogens is 252 g/mol. The second-order valence-corrected chi connectivity index (χ2v) is 5.55. The van der Waals surface area contributed by atoms with Crippen LogP contribution < -0.4 is 10.6 Å². The number of hydrogen-bond acceptors (Lipinski definition) is 3. The molecule has 2 nitrogen and oxygen atoms in total. The number of para-hydroxylation sites is 1. The fourth-order valence-electron chi connectivity index (χ4n) is 1.89. The molecule has 0 aromatic heterocycles. The van der Waals surface area contributed by atoms with Gasteiger partial charge in [0, 0.05) is 28.0 Å². The Morgan fingerprint density at radius 1 is 0.947 bits per heavy atom. The van der Waals surface area contributed by atoms with Gasteiger partial charge in [-0.3, -0.25) is 0 Å². The van der Waals surface area contributed by atoms with Crippen LogP contribution >= 0.6 is 11.8 Å². The van der Waals surface area contributed by atoms with Crippen molar-refractivity contribution in [3.8, 4) is 0 Å². The van der Waals surface area contributed by atoms with Gasteiger partial charge in [0.25, 0.3) is 0 Å². The lowest BCUT2D eigenvalue weighted by atomic mass is 10.2. The van der Waals surface area contributed by atoms with Gasteiger partial charge in [-0.25, -0.2) is 0 Å². The van der Waals surface area contributed by atoms with Crippen LogP contribution in [0.1, 0.15) is 13.8 Å². The largest absolute Gasteiger partial charge is 0.382 e. The maximum Gasteiger partial charge on any atom is 0.0481 e. The number of anilines is 3. The van der Waals surface area contributed by atoms with Crippen molar-refractivity contribution >= 4 is 28.8 Å². The van der Waals surface area contributed by atoms with E-state index in [0.29, 0.717) is 6.04 Å². The zero-order valence-corrected chi connectivity index (χ0v) is 12.4. The van der Waals surface area contributed by atoms with E-state index in [2.05, 4.69) is 61.1 Å². The van der Waals surface area contributed by atoms with Crippen LogP contribution in [0.4, 0.5) is 17.1 Å². The molecule has 0 unspecified atom stereocenters. The summed E-state index contributed by atoms with van der Waals surface area (Å²) in [4.78, 5) is 1.26. The average Bonchev–Trinajstić information content (AvgIpc) is 2.41. The summed E-state index contributed by atoms with van der Waals surface area (Å²) in [5, 5.41) is 6.88. The van der Waals surface area contributed by atoms with Crippen LogP contribution in [0.3, 0.4) is 0 Å². The quantitative estimate of drug-likeness (QED) is 0.751. The smallest absolute Gasteiger partial charge is 0.0481 e. The number of thioether (sulfide) groups is 1. The van der Waals surface area contributed by atoms with E-state index >= 15 is 0 Å². The van der Waals surface area contributed by atoms with E-state index in [9.17, 15) is 0 Å². The molecule has 0 heterocycles. The number of rotatable bonds is 5. The molecule has 0 spiro atoms. The third kappa shape index (κ3) is 3.93. The molecule has 0 aliphatic heterocycles. The van der Waals surface area contributed by atoms with Gasteiger partial charge < -0.3 is 10.6 Å². The first kappa shape index (κ1) is 13.8. The Labute approximate surface area is 119 Å². The Bertz CT molecular complexity index is 524. The van der Waals surface area contributed by atoms with Gasteiger partial charge in [-0.2, -0.15) is 0 Å². The van der Waals surface area contributed by atoms with Gasteiger partial charge in [-0.1, -0.05) is 18.2 Å². The lowest BCUT2D eigenvalue weighted by molar-refractivity contribution is 0.894. The van der Waals surface area contributed by atoms with Gasteiger partial charge in [-0.05, 0) is 50.4 Å². The third-order valence-corrected chi connectivity index (χ3v) is 3.49. The van der Waals surface area contributed by atoms with E-state index in [4.69, 9.17) is 0 Å². The molecule has 0 saturated heterocycles. The highest BCUT2D eigenvalue weighted by molar-refractivity contribution is 7.98. The van der Waals surface area contributed by atoms with Gasteiger partial charge in [0.15, 0.2) is 0 Å². The van der Waals surface area contributed by atoms with Gasteiger partial charge in [-0.15, -0.1) is 11.8 Å². The molecule has 0 saturated carbocycles. The molecule has 3 heteroatoms. The molecule has 2 N–H and O–H groups in total. The minimum atomic E-state index is 0.443. The van der Waals surface area contributed by atoms with Crippen molar-refractivity contribution in [2.24, 2.45) is 0 Å². The Kier molecular flexibility index (Phi) is 4.74. The van der Waals surface area contributed by atoms with Gasteiger partial charge in [0.2, 0.25) is 0 Å². The van der Waals surface area contributed by atoms with Crippen molar-refractivity contribution in [2.45, 2.75) is 24.8 Å². The fraction of sp³-hybridized carbons (Fsp3) is 0.250. The maximum atomic E-state index is 3.47. The average molecular weight is 272 g/mol. The van der Waals surface area contributed by atoms with E-state index in [1.807, 2.05) is 18.2 Å². The first-order valence-electron chi connectivity index (χ1n) is 6.45. The zero-order valence-electron chi connectivity index (χ0n) is 11.6. The summed E-state index contributed by atoms with van der Waals surface area (Å²) in [7, 11) is 0. The van der Waals surface area contributed by atoms with E-state index in [1.54, 1.807) is 11.8 Å². The monoisotopic (exact) mass is 272 g/mol. The lowest BCUT2D eigenvalue weighted by Crippen LogP contribution is -2.10. The summed E-state index contributed by atoms with van der Waals surface area (Å²) >= 11 is 1.76. The summed E-state index contributed by atoms with van der Waals surface area (Å²) in [5.74, 6) is 0. The molecule has 19 heavy (non-hydrogen) atoms. The van der Waals surface area contributed by atoms with Crippen molar-refractivity contribution < 1.29 is 0 Å². The molecule has 2 rings (SSSR count). The van der Waals surface area contributed by atoms with Gasteiger partial charge in [0.1, 0.15) is 0 Å². The van der Waals surface area contributed by atoms with Crippen LogP contribution in [0.2, 0.25) is 0 Å². The molecule has 2 aromatic rings. The van der Waals surface area contributed by atoms with Crippen LogP contribution in [0.5, 0.6) is 0 Å². The second kappa shape index (κ2) is 6.53. The SMILES string of the molecule is CSc1cc(Nc2ccccc2)ccc1NC(C)C. The fourth-order valence-corrected chi connectivity index (χ4v) is 2.48. The summed E-state index contributed by atoms with van der Waals surface area (Å²) in [6.45, 7) is 4.31. The highest BCUT2D eigenvalue weighted by Crippen LogP contribution is 2.30. The predicted octanol–water partition coefficient (Wildman–Crippen LogP) is 4.97. The summed E-state index contributed by atoms with van der Waals surface area (Å²) < 4.78 is 0. The minimum Gasteiger partial charge on any atom is -0.382 e. The molecule has 100 valence electrons. The Morgan fingerprint density at radius 2 is 1.68 bits per heavy atom. The standard InChI is InChI=1S/C16H20N2S/c1-12(2)17-15-10-9-14(11-16(15)19-3)18-13-7-5-4-6-8-13/h4-12,17-18H,1-3H3. The van der Waals surface area contributed by atoms with Gasteiger partial charge >= 0.3 is 0 Å². The van der Waals surface area contributed by atoms with E-state index in [1.165, 1.54) is 10.6 Å². The normalized spacial score (nSPS) is 10.5. The summed E-state index contributed by atoms with van der Waals surface area (Å²) in [6.07, 6.45) is 2.10. The van der Waals surface area contributed by atoms with E-state index < -0.39 is 0 Å². The molecule has 0 bridgehead atoms. The number of nitrogens with one attached hydrogen (secondary N) is 2. The summed E-state index contributed by atoms with van der Waals surface area (Å²) in [5.41, 5.74) is 3.42. The molecule has 0 radical (unpaired) electrons. The van der Waals surface area contributed by atoms with Crippen LogP contribution in [0.15, 0.2) is 53.4 Å². The van der Waals surface area contributed by atoms with Crippen molar-refractivity contribution in [1.29, 1.82) is 0 Å². The predicted molar refractivity (Wildman–Crippen MR) is 86.7 cm³/mol. The molecule has 0 atom stereocenters. The van der Waals surface area contributed by atoms with Crippen molar-refractivity contribution in [3.05, 3.63) is 48.5 Å². The first-order chi connectivity index (χ1) is 9.19. The molecule has 0 amide bonds. The molecule has 0 aliphatic carbocycles. The molecule has 0 fully saturated rings. The van der Waals surface area contributed by atoms with Crippen LogP contribution in [0, 0.1) is 0 Å².